The number of nitrogens with one attached hydrogen (secondary N) is 1. The van der Waals surface area contributed by atoms with Crippen LogP contribution in [0.4, 0.5) is 0 Å². The molecule has 0 aromatic carbocycles. The molecule has 15 heavy (non-hydrogen) atoms. The Morgan fingerprint density at radius 1 is 1.33 bits per heavy atom. The number of hydrogen-bond acceptors (Lipinski definition) is 3. The molecule has 0 saturated carbocycles. The van der Waals surface area contributed by atoms with Gasteiger partial charge in [0.05, 0.1) is 5.75 Å². The summed E-state index contributed by atoms with van der Waals surface area (Å²) in [4.78, 5) is 0. The van der Waals surface area contributed by atoms with E-state index in [9.17, 15) is 8.42 Å². The third-order valence-corrected chi connectivity index (χ3v) is 4.09. The van der Waals surface area contributed by atoms with E-state index in [2.05, 4.69) is 25.5 Å². The highest BCUT2D eigenvalue weighted by Gasteiger charge is 2.21. The summed E-state index contributed by atoms with van der Waals surface area (Å²) in [6.07, 6.45) is 0.291. The quantitative estimate of drug-likeness (QED) is 0.723. The lowest BCUT2D eigenvalue weighted by molar-refractivity contribution is 0.262. The molecule has 1 atom stereocenters. The molecule has 0 aliphatic rings. The van der Waals surface area contributed by atoms with Crippen LogP contribution in [0.25, 0.3) is 0 Å². The Balaban J connectivity index is 4.05. The lowest BCUT2D eigenvalue weighted by atomic mass is 9.82. The average Bonchev–Trinajstić information content (AvgIpc) is 2.09. The number of aliphatic hydroxyl groups is 1. The van der Waals surface area contributed by atoms with E-state index >= 15 is 0 Å². The van der Waals surface area contributed by atoms with E-state index in [1.165, 1.54) is 0 Å². The van der Waals surface area contributed by atoms with Gasteiger partial charge >= 0.3 is 0 Å². The molecule has 0 heterocycles. The molecule has 4 nitrogen and oxygen atoms in total. The molecule has 5 heteroatoms. The van der Waals surface area contributed by atoms with E-state index in [-0.39, 0.29) is 23.7 Å². The van der Waals surface area contributed by atoms with Gasteiger partial charge in [-0.15, -0.1) is 0 Å². The minimum Gasteiger partial charge on any atom is -0.396 e. The van der Waals surface area contributed by atoms with Gasteiger partial charge in [0.1, 0.15) is 0 Å². The number of rotatable bonds is 6. The standard InChI is InChI=1S/C10H23NO3S/c1-9(10(2,3)4)8-11-15(13,14)7-5-6-12/h9,11-12H,5-8H2,1-4H3. The Morgan fingerprint density at radius 2 is 1.87 bits per heavy atom. The summed E-state index contributed by atoms with van der Waals surface area (Å²) >= 11 is 0. The maximum atomic E-state index is 11.4. The van der Waals surface area contributed by atoms with Crippen molar-refractivity contribution in [3.63, 3.8) is 0 Å². The first-order valence-electron chi connectivity index (χ1n) is 5.27. The van der Waals surface area contributed by atoms with Crippen molar-refractivity contribution in [3.8, 4) is 0 Å². The van der Waals surface area contributed by atoms with Crippen LogP contribution in [0.1, 0.15) is 34.1 Å². The minimum atomic E-state index is -3.21. The first-order valence-corrected chi connectivity index (χ1v) is 6.92. The van der Waals surface area contributed by atoms with Crippen molar-refractivity contribution in [2.24, 2.45) is 11.3 Å². The van der Waals surface area contributed by atoms with Crippen molar-refractivity contribution in [2.75, 3.05) is 18.9 Å². The third kappa shape index (κ3) is 6.87. The van der Waals surface area contributed by atoms with Crippen LogP contribution in [0.15, 0.2) is 0 Å². The van der Waals surface area contributed by atoms with Crippen LogP contribution in [0.5, 0.6) is 0 Å². The largest absolute Gasteiger partial charge is 0.396 e. The van der Waals surface area contributed by atoms with Gasteiger partial charge in [-0.1, -0.05) is 27.7 Å². The fourth-order valence-electron chi connectivity index (χ4n) is 0.885. The second-order valence-corrected chi connectivity index (χ2v) is 6.94. The summed E-state index contributed by atoms with van der Waals surface area (Å²) in [7, 11) is -3.21. The van der Waals surface area contributed by atoms with Gasteiger partial charge in [-0.3, -0.25) is 0 Å². The zero-order valence-electron chi connectivity index (χ0n) is 10.1. The van der Waals surface area contributed by atoms with E-state index in [1.54, 1.807) is 0 Å². The van der Waals surface area contributed by atoms with Gasteiger partial charge in [0.2, 0.25) is 10.0 Å². The monoisotopic (exact) mass is 237 g/mol. The fraction of sp³-hybridized carbons (Fsp3) is 1.00. The van der Waals surface area contributed by atoms with Crippen LogP contribution in [0.3, 0.4) is 0 Å². The minimum absolute atomic E-state index is 0.000360. The summed E-state index contributed by atoms with van der Waals surface area (Å²) in [5.41, 5.74) is 0.0967. The molecule has 0 bridgehead atoms. The smallest absolute Gasteiger partial charge is 0.211 e. The fourth-order valence-corrected chi connectivity index (χ4v) is 2.04. The number of hydrogen-bond donors (Lipinski definition) is 2. The van der Waals surface area contributed by atoms with Crippen LogP contribution >= 0.6 is 0 Å². The Kier molecular flexibility index (Phi) is 5.77. The van der Waals surface area contributed by atoms with Crippen molar-refractivity contribution >= 4 is 10.0 Å². The van der Waals surface area contributed by atoms with Gasteiger partial charge in [0.25, 0.3) is 0 Å². The van der Waals surface area contributed by atoms with Crippen molar-refractivity contribution in [1.29, 1.82) is 0 Å². The molecule has 0 amide bonds. The van der Waals surface area contributed by atoms with Crippen LogP contribution in [-0.2, 0) is 10.0 Å². The van der Waals surface area contributed by atoms with E-state index in [0.29, 0.717) is 13.0 Å². The highest BCUT2D eigenvalue weighted by molar-refractivity contribution is 7.89. The van der Waals surface area contributed by atoms with Gasteiger partial charge in [-0.05, 0) is 17.8 Å². The zero-order chi connectivity index (χ0) is 12.1. The van der Waals surface area contributed by atoms with E-state index < -0.39 is 10.0 Å². The lowest BCUT2D eigenvalue weighted by Crippen LogP contribution is -2.35. The molecular weight excluding hydrogens is 214 g/mol. The van der Waals surface area contributed by atoms with Gasteiger partial charge in [-0.2, -0.15) is 0 Å². The second-order valence-electron chi connectivity index (χ2n) is 5.01. The SMILES string of the molecule is CC(CNS(=O)(=O)CCCO)C(C)(C)C. The van der Waals surface area contributed by atoms with Crippen LogP contribution < -0.4 is 4.72 Å². The third-order valence-electron chi connectivity index (χ3n) is 2.66. The maximum Gasteiger partial charge on any atom is 0.211 e. The predicted molar refractivity (Wildman–Crippen MR) is 62.1 cm³/mol. The van der Waals surface area contributed by atoms with E-state index in [1.807, 2.05) is 6.92 Å². The lowest BCUT2D eigenvalue weighted by Gasteiger charge is -2.27. The van der Waals surface area contributed by atoms with Crippen molar-refractivity contribution < 1.29 is 13.5 Å². The van der Waals surface area contributed by atoms with E-state index in [0.717, 1.165) is 0 Å². The molecule has 0 spiro atoms. The molecule has 0 aliphatic carbocycles. The predicted octanol–water partition coefficient (Wildman–Crippen LogP) is 0.970. The zero-order valence-corrected chi connectivity index (χ0v) is 10.9. The Hall–Kier alpha value is -0.130. The Labute approximate surface area is 93.1 Å². The molecule has 0 aromatic heterocycles. The topological polar surface area (TPSA) is 66.4 Å². The molecular formula is C10H23NO3S. The maximum absolute atomic E-state index is 11.4. The summed E-state index contributed by atoms with van der Waals surface area (Å²) in [6, 6.07) is 0. The molecule has 0 aromatic rings. The van der Waals surface area contributed by atoms with Gasteiger partial charge in [0.15, 0.2) is 0 Å². The molecule has 92 valence electrons. The average molecular weight is 237 g/mol. The van der Waals surface area contributed by atoms with Crippen LogP contribution in [-0.4, -0.2) is 32.4 Å². The molecule has 2 N–H and O–H groups in total. The highest BCUT2D eigenvalue weighted by Crippen LogP contribution is 2.24. The Morgan fingerprint density at radius 3 is 2.27 bits per heavy atom. The summed E-state index contributed by atoms with van der Waals surface area (Å²) in [5, 5.41) is 8.54. The molecule has 0 rings (SSSR count). The molecule has 0 saturated heterocycles. The summed E-state index contributed by atoms with van der Waals surface area (Å²) in [5.74, 6) is 0.279. The number of aliphatic hydroxyl groups excluding tert-OH is 1. The van der Waals surface area contributed by atoms with Crippen molar-refractivity contribution in [3.05, 3.63) is 0 Å². The molecule has 1 unspecified atom stereocenters. The number of sulfonamides is 1. The van der Waals surface area contributed by atoms with Gasteiger partial charge < -0.3 is 5.11 Å². The molecule has 0 fully saturated rings. The summed E-state index contributed by atoms with van der Waals surface area (Å²) in [6.45, 7) is 8.64. The first kappa shape index (κ1) is 14.9. The van der Waals surface area contributed by atoms with E-state index in [4.69, 9.17) is 5.11 Å². The van der Waals surface area contributed by atoms with Crippen molar-refractivity contribution in [2.45, 2.75) is 34.1 Å². The molecule has 0 radical (unpaired) electrons. The normalized spacial score (nSPS) is 15.3. The van der Waals surface area contributed by atoms with Crippen LogP contribution in [0.2, 0.25) is 0 Å². The Bertz CT molecular complexity index is 267. The first-order chi connectivity index (χ1) is 6.69. The summed E-state index contributed by atoms with van der Waals surface area (Å²) < 4.78 is 25.4. The second kappa shape index (κ2) is 5.82. The van der Waals surface area contributed by atoms with Gasteiger partial charge in [0, 0.05) is 13.2 Å². The van der Waals surface area contributed by atoms with Gasteiger partial charge in [-0.25, -0.2) is 13.1 Å². The highest BCUT2D eigenvalue weighted by atomic mass is 32.2. The molecule has 0 aliphatic heterocycles. The van der Waals surface area contributed by atoms with Crippen molar-refractivity contribution in [1.82, 2.24) is 4.72 Å². The van der Waals surface area contributed by atoms with Crippen LogP contribution in [0, 0.1) is 11.3 Å².